The number of nitriles is 1. The molecule has 0 saturated carbocycles. The van der Waals surface area contributed by atoms with Gasteiger partial charge in [-0.1, -0.05) is 30.3 Å². The largest absolute Gasteiger partial charge is 0.397 e. The number of rotatable bonds is 1. The fourth-order valence-corrected chi connectivity index (χ4v) is 2.47. The molecule has 0 unspecified atom stereocenters. The Balaban J connectivity index is 2.57. The molecular formula is C17H13N3O. The average Bonchev–Trinajstić information content (AvgIpc) is 2.48. The van der Waals surface area contributed by atoms with Crippen molar-refractivity contribution in [2.75, 3.05) is 5.73 Å². The zero-order chi connectivity index (χ0) is 15.0. The Labute approximate surface area is 121 Å². The number of nitrogens with zero attached hydrogens (tertiary/aromatic N) is 2. The first-order valence-electron chi connectivity index (χ1n) is 6.54. The van der Waals surface area contributed by atoms with Gasteiger partial charge in [0.25, 0.3) is 5.56 Å². The van der Waals surface area contributed by atoms with Gasteiger partial charge in [0, 0.05) is 11.1 Å². The van der Waals surface area contributed by atoms with Gasteiger partial charge < -0.3 is 5.73 Å². The average molecular weight is 275 g/mol. The zero-order valence-corrected chi connectivity index (χ0v) is 11.5. The second-order valence-electron chi connectivity index (χ2n) is 4.90. The van der Waals surface area contributed by atoms with Crippen LogP contribution in [0.15, 0.2) is 53.3 Å². The maximum Gasteiger partial charge on any atom is 0.275 e. The number of pyridine rings is 1. The molecule has 2 aromatic carbocycles. The van der Waals surface area contributed by atoms with E-state index in [9.17, 15) is 10.1 Å². The van der Waals surface area contributed by atoms with Crippen LogP contribution >= 0.6 is 0 Å². The highest BCUT2D eigenvalue weighted by Crippen LogP contribution is 2.25. The molecule has 0 aliphatic rings. The zero-order valence-electron chi connectivity index (χ0n) is 11.5. The molecular weight excluding hydrogens is 262 g/mol. The molecule has 0 atom stereocenters. The first kappa shape index (κ1) is 12.9. The third-order valence-corrected chi connectivity index (χ3v) is 3.50. The number of nitrogens with two attached hydrogens (primary N) is 1. The van der Waals surface area contributed by atoms with E-state index in [2.05, 4.69) is 0 Å². The molecule has 0 aliphatic heterocycles. The highest BCUT2D eigenvalue weighted by molar-refractivity contribution is 5.94. The van der Waals surface area contributed by atoms with Crippen molar-refractivity contribution in [2.45, 2.75) is 6.92 Å². The van der Waals surface area contributed by atoms with Crippen LogP contribution in [-0.4, -0.2) is 4.57 Å². The van der Waals surface area contributed by atoms with Crippen LogP contribution in [0.1, 0.15) is 11.1 Å². The highest BCUT2D eigenvalue weighted by Gasteiger charge is 2.15. The van der Waals surface area contributed by atoms with Gasteiger partial charge in [-0.25, -0.2) is 0 Å². The second kappa shape index (κ2) is 4.80. The molecule has 3 rings (SSSR count). The molecule has 4 nitrogen and oxygen atoms in total. The van der Waals surface area contributed by atoms with Gasteiger partial charge in [0.2, 0.25) is 0 Å². The van der Waals surface area contributed by atoms with E-state index in [1.54, 1.807) is 0 Å². The van der Waals surface area contributed by atoms with Crippen LogP contribution in [0.4, 0.5) is 5.69 Å². The van der Waals surface area contributed by atoms with Crippen LogP contribution < -0.4 is 11.3 Å². The van der Waals surface area contributed by atoms with Crippen molar-refractivity contribution in [3.05, 3.63) is 70.0 Å². The van der Waals surface area contributed by atoms with E-state index in [0.717, 1.165) is 11.3 Å². The Kier molecular flexibility index (Phi) is 2.96. The fourth-order valence-electron chi connectivity index (χ4n) is 2.47. The predicted octanol–water partition coefficient (Wildman–Crippen LogP) is 2.75. The monoisotopic (exact) mass is 275 g/mol. The predicted molar refractivity (Wildman–Crippen MR) is 83.4 cm³/mol. The normalized spacial score (nSPS) is 10.5. The van der Waals surface area contributed by atoms with E-state index in [0.29, 0.717) is 10.9 Å². The number of hydrogen-bond acceptors (Lipinski definition) is 3. The molecule has 0 spiro atoms. The maximum atomic E-state index is 12.6. The molecule has 0 saturated heterocycles. The van der Waals surface area contributed by atoms with Gasteiger partial charge in [0.1, 0.15) is 11.6 Å². The van der Waals surface area contributed by atoms with Crippen LogP contribution in [0.2, 0.25) is 0 Å². The molecule has 1 aromatic heterocycles. The van der Waals surface area contributed by atoms with Crippen LogP contribution in [0.3, 0.4) is 0 Å². The number of fused-ring (bicyclic) bond motifs is 1. The Morgan fingerprint density at radius 2 is 1.86 bits per heavy atom. The minimum Gasteiger partial charge on any atom is -0.397 e. The van der Waals surface area contributed by atoms with Gasteiger partial charge in [0.15, 0.2) is 0 Å². The summed E-state index contributed by atoms with van der Waals surface area (Å²) < 4.78 is 1.54. The van der Waals surface area contributed by atoms with Crippen LogP contribution in [0.5, 0.6) is 0 Å². The van der Waals surface area contributed by atoms with E-state index in [1.807, 2.05) is 61.5 Å². The lowest BCUT2D eigenvalue weighted by Crippen LogP contribution is -2.23. The van der Waals surface area contributed by atoms with Crippen molar-refractivity contribution < 1.29 is 0 Å². The van der Waals surface area contributed by atoms with Gasteiger partial charge in [-0.2, -0.15) is 5.26 Å². The van der Waals surface area contributed by atoms with Crippen molar-refractivity contribution >= 4 is 16.6 Å². The number of anilines is 1. The summed E-state index contributed by atoms with van der Waals surface area (Å²) in [6.45, 7) is 1.95. The third-order valence-electron chi connectivity index (χ3n) is 3.50. The molecule has 4 heteroatoms. The van der Waals surface area contributed by atoms with Crippen molar-refractivity contribution in [3.63, 3.8) is 0 Å². The maximum absolute atomic E-state index is 12.6. The number of para-hydroxylation sites is 1. The summed E-state index contributed by atoms with van der Waals surface area (Å²) in [4.78, 5) is 12.6. The summed E-state index contributed by atoms with van der Waals surface area (Å²) in [5, 5.41) is 9.95. The molecule has 0 aliphatic carbocycles. The Bertz CT molecular complexity index is 934. The van der Waals surface area contributed by atoms with E-state index >= 15 is 0 Å². The smallest absolute Gasteiger partial charge is 0.275 e. The van der Waals surface area contributed by atoms with E-state index in [4.69, 9.17) is 5.73 Å². The quantitative estimate of drug-likeness (QED) is 0.742. The standard InChI is InChI=1S/C17H13N3O/c1-11-7-8-13-15(9-11)20(12-5-3-2-4-6-12)17(21)14(10-18)16(13)19/h2-9H,19H2,1H3. The lowest BCUT2D eigenvalue weighted by Gasteiger charge is -2.13. The summed E-state index contributed by atoms with van der Waals surface area (Å²) in [5.74, 6) is 0. The third kappa shape index (κ3) is 1.96. The molecule has 102 valence electrons. The number of hydrogen-bond donors (Lipinski definition) is 1. The van der Waals surface area contributed by atoms with Gasteiger partial charge in [-0.3, -0.25) is 9.36 Å². The van der Waals surface area contributed by atoms with Crippen LogP contribution in [0.25, 0.3) is 16.6 Å². The van der Waals surface area contributed by atoms with E-state index < -0.39 is 0 Å². The van der Waals surface area contributed by atoms with Crippen LogP contribution in [-0.2, 0) is 0 Å². The van der Waals surface area contributed by atoms with Crippen molar-refractivity contribution in [2.24, 2.45) is 0 Å². The molecule has 0 radical (unpaired) electrons. The van der Waals surface area contributed by atoms with Gasteiger partial charge in [0.05, 0.1) is 11.2 Å². The van der Waals surface area contributed by atoms with Crippen molar-refractivity contribution in [1.82, 2.24) is 4.57 Å². The highest BCUT2D eigenvalue weighted by atomic mass is 16.1. The molecule has 1 heterocycles. The molecule has 21 heavy (non-hydrogen) atoms. The van der Waals surface area contributed by atoms with Gasteiger partial charge in [-0.15, -0.1) is 0 Å². The molecule has 0 bridgehead atoms. The summed E-state index contributed by atoms with van der Waals surface area (Å²) in [7, 11) is 0. The van der Waals surface area contributed by atoms with Gasteiger partial charge in [-0.05, 0) is 30.7 Å². The summed E-state index contributed by atoms with van der Waals surface area (Å²) in [6, 6.07) is 16.8. The van der Waals surface area contributed by atoms with Gasteiger partial charge >= 0.3 is 0 Å². The minimum atomic E-state index is -0.390. The molecule has 3 aromatic rings. The molecule has 2 N–H and O–H groups in total. The Hall–Kier alpha value is -3.06. The Morgan fingerprint density at radius 3 is 2.52 bits per heavy atom. The number of aryl methyl sites for hydroxylation is 1. The van der Waals surface area contributed by atoms with E-state index in [1.165, 1.54) is 4.57 Å². The second-order valence-corrected chi connectivity index (χ2v) is 4.90. The lowest BCUT2D eigenvalue weighted by atomic mass is 10.1. The first-order valence-corrected chi connectivity index (χ1v) is 6.54. The lowest BCUT2D eigenvalue weighted by molar-refractivity contribution is 1.03. The van der Waals surface area contributed by atoms with Crippen molar-refractivity contribution in [1.29, 1.82) is 5.26 Å². The number of nitrogen functional groups attached to an aromatic ring is 1. The fraction of sp³-hybridized carbons (Fsp3) is 0.0588. The summed E-state index contributed by atoms with van der Waals surface area (Å²) >= 11 is 0. The summed E-state index contributed by atoms with van der Waals surface area (Å²) in [5.41, 5.74) is 8.28. The topological polar surface area (TPSA) is 71.8 Å². The summed E-state index contributed by atoms with van der Waals surface area (Å²) in [6.07, 6.45) is 0. The van der Waals surface area contributed by atoms with Crippen molar-refractivity contribution in [3.8, 4) is 11.8 Å². The molecule has 0 fully saturated rings. The number of benzene rings is 2. The SMILES string of the molecule is Cc1ccc2c(N)c(C#N)c(=O)n(-c3ccccc3)c2c1. The Morgan fingerprint density at radius 1 is 1.14 bits per heavy atom. The van der Waals surface area contributed by atoms with E-state index in [-0.39, 0.29) is 16.8 Å². The molecule has 0 amide bonds. The number of aromatic nitrogens is 1. The minimum absolute atomic E-state index is 0.0183. The van der Waals surface area contributed by atoms with Crippen LogP contribution in [0, 0.1) is 18.3 Å². The first-order chi connectivity index (χ1) is 10.1.